The van der Waals surface area contributed by atoms with Crippen molar-refractivity contribution < 1.29 is 4.74 Å². The molecule has 4 nitrogen and oxygen atoms in total. The van der Waals surface area contributed by atoms with Crippen LogP contribution in [0, 0.1) is 0 Å². The molecule has 1 aliphatic rings. The van der Waals surface area contributed by atoms with Crippen LogP contribution in [-0.2, 0) is 4.74 Å². The number of piperazine rings is 1. The second-order valence-electron chi connectivity index (χ2n) is 5.14. The number of nitrogens with zero attached hydrogens (tertiary/aromatic N) is 2. The molecule has 0 atom stereocenters. The Morgan fingerprint density at radius 1 is 0.889 bits per heavy atom. The van der Waals surface area contributed by atoms with E-state index in [1.54, 1.807) is 0 Å². The molecular formula is C14H31N3O. The monoisotopic (exact) mass is 257 g/mol. The molecule has 0 amide bonds. The predicted octanol–water partition coefficient (Wildman–Crippen LogP) is 1.16. The first-order valence-corrected chi connectivity index (χ1v) is 7.59. The zero-order valence-corrected chi connectivity index (χ0v) is 12.1. The van der Waals surface area contributed by atoms with E-state index < -0.39 is 0 Å². The van der Waals surface area contributed by atoms with Gasteiger partial charge in [0.1, 0.15) is 0 Å². The van der Waals surface area contributed by atoms with Gasteiger partial charge in [0, 0.05) is 39.3 Å². The van der Waals surface area contributed by atoms with E-state index in [1.165, 1.54) is 52.0 Å². The van der Waals surface area contributed by atoms with E-state index >= 15 is 0 Å². The average Bonchev–Trinajstić information content (AvgIpc) is 2.41. The van der Waals surface area contributed by atoms with Crippen LogP contribution in [0.3, 0.4) is 0 Å². The number of nitrogens with two attached hydrogens (primary N) is 1. The predicted molar refractivity (Wildman–Crippen MR) is 76.9 cm³/mol. The van der Waals surface area contributed by atoms with Gasteiger partial charge in [-0.1, -0.05) is 13.3 Å². The third-order valence-corrected chi connectivity index (χ3v) is 3.54. The number of hydrogen-bond acceptors (Lipinski definition) is 4. The second kappa shape index (κ2) is 10.7. The van der Waals surface area contributed by atoms with Gasteiger partial charge in [0.2, 0.25) is 0 Å². The van der Waals surface area contributed by atoms with Gasteiger partial charge in [-0.15, -0.1) is 0 Å². The van der Waals surface area contributed by atoms with Crippen LogP contribution in [0.4, 0.5) is 0 Å². The SMILES string of the molecule is CCCOCCN1CCN(CCCCCN)CC1. The fourth-order valence-corrected chi connectivity index (χ4v) is 2.33. The quantitative estimate of drug-likeness (QED) is 0.596. The Kier molecular flexibility index (Phi) is 9.48. The van der Waals surface area contributed by atoms with Gasteiger partial charge >= 0.3 is 0 Å². The molecule has 0 saturated carbocycles. The Balaban J connectivity index is 1.95. The van der Waals surface area contributed by atoms with E-state index in [1.807, 2.05) is 0 Å². The molecule has 1 rings (SSSR count). The van der Waals surface area contributed by atoms with Crippen molar-refractivity contribution in [3.8, 4) is 0 Å². The van der Waals surface area contributed by atoms with E-state index in [2.05, 4.69) is 16.7 Å². The molecule has 4 heteroatoms. The smallest absolute Gasteiger partial charge is 0.0593 e. The lowest BCUT2D eigenvalue weighted by Crippen LogP contribution is -2.47. The van der Waals surface area contributed by atoms with Crippen LogP contribution >= 0.6 is 0 Å². The molecule has 0 bridgehead atoms. The number of rotatable bonds is 10. The van der Waals surface area contributed by atoms with E-state index in [4.69, 9.17) is 10.5 Å². The van der Waals surface area contributed by atoms with Crippen molar-refractivity contribution in [2.24, 2.45) is 5.73 Å². The van der Waals surface area contributed by atoms with Crippen molar-refractivity contribution in [3.05, 3.63) is 0 Å². The first-order valence-electron chi connectivity index (χ1n) is 7.59. The standard InChI is InChI=1S/C14H31N3O/c1-2-13-18-14-12-17-10-8-16(9-11-17)7-5-3-4-6-15/h2-15H2,1H3. The van der Waals surface area contributed by atoms with E-state index in [0.29, 0.717) is 0 Å². The molecule has 0 spiro atoms. The van der Waals surface area contributed by atoms with Crippen LogP contribution in [0.25, 0.3) is 0 Å². The van der Waals surface area contributed by atoms with Crippen LogP contribution in [0.2, 0.25) is 0 Å². The highest BCUT2D eigenvalue weighted by molar-refractivity contribution is 4.71. The highest BCUT2D eigenvalue weighted by Gasteiger charge is 2.15. The van der Waals surface area contributed by atoms with Crippen molar-refractivity contribution >= 4 is 0 Å². The second-order valence-corrected chi connectivity index (χ2v) is 5.14. The minimum Gasteiger partial charge on any atom is -0.380 e. The normalized spacial score (nSPS) is 18.3. The Hall–Kier alpha value is -0.160. The minimum atomic E-state index is 0.839. The summed E-state index contributed by atoms with van der Waals surface area (Å²) in [6.45, 7) is 12.0. The topological polar surface area (TPSA) is 41.7 Å². The maximum atomic E-state index is 5.54. The van der Waals surface area contributed by atoms with Crippen molar-refractivity contribution in [2.75, 3.05) is 59.0 Å². The van der Waals surface area contributed by atoms with E-state index in [9.17, 15) is 0 Å². The summed E-state index contributed by atoms with van der Waals surface area (Å²) in [5.41, 5.74) is 5.50. The Morgan fingerprint density at radius 3 is 2.17 bits per heavy atom. The molecule has 0 aliphatic carbocycles. The lowest BCUT2D eigenvalue weighted by molar-refractivity contribution is 0.0754. The molecule has 0 aromatic heterocycles. The van der Waals surface area contributed by atoms with E-state index in [-0.39, 0.29) is 0 Å². The maximum absolute atomic E-state index is 5.54. The van der Waals surface area contributed by atoms with Gasteiger partial charge in [-0.3, -0.25) is 4.90 Å². The van der Waals surface area contributed by atoms with Gasteiger partial charge in [-0.2, -0.15) is 0 Å². The van der Waals surface area contributed by atoms with Crippen LogP contribution in [0.15, 0.2) is 0 Å². The van der Waals surface area contributed by atoms with Gasteiger partial charge < -0.3 is 15.4 Å². The molecule has 1 heterocycles. The summed E-state index contributed by atoms with van der Waals surface area (Å²) in [5, 5.41) is 0. The highest BCUT2D eigenvalue weighted by Crippen LogP contribution is 2.04. The van der Waals surface area contributed by atoms with E-state index in [0.717, 1.165) is 32.7 Å². The first kappa shape index (κ1) is 15.9. The molecule has 0 unspecified atom stereocenters. The fourth-order valence-electron chi connectivity index (χ4n) is 2.33. The first-order chi connectivity index (χ1) is 8.86. The van der Waals surface area contributed by atoms with Gasteiger partial charge in [-0.05, 0) is 32.4 Å². The maximum Gasteiger partial charge on any atom is 0.0593 e. The Labute approximate surface area is 112 Å². The molecule has 2 N–H and O–H groups in total. The molecule has 1 aliphatic heterocycles. The average molecular weight is 257 g/mol. The van der Waals surface area contributed by atoms with Crippen molar-refractivity contribution in [3.63, 3.8) is 0 Å². The summed E-state index contributed by atoms with van der Waals surface area (Å²) in [7, 11) is 0. The molecule has 0 radical (unpaired) electrons. The lowest BCUT2D eigenvalue weighted by Gasteiger charge is -2.34. The Morgan fingerprint density at radius 2 is 1.56 bits per heavy atom. The summed E-state index contributed by atoms with van der Waals surface area (Å²) in [5.74, 6) is 0. The Bertz CT molecular complexity index is 162. The molecule has 0 aromatic carbocycles. The van der Waals surface area contributed by atoms with Crippen molar-refractivity contribution in [1.29, 1.82) is 0 Å². The number of hydrogen-bond donors (Lipinski definition) is 1. The van der Waals surface area contributed by atoms with Gasteiger partial charge in [-0.25, -0.2) is 0 Å². The fraction of sp³-hybridized carbons (Fsp3) is 1.00. The molecular weight excluding hydrogens is 226 g/mol. The van der Waals surface area contributed by atoms with Crippen molar-refractivity contribution in [2.45, 2.75) is 32.6 Å². The van der Waals surface area contributed by atoms with Crippen molar-refractivity contribution in [1.82, 2.24) is 9.80 Å². The summed E-state index contributed by atoms with van der Waals surface area (Å²) in [6, 6.07) is 0. The zero-order valence-electron chi connectivity index (χ0n) is 12.1. The number of ether oxygens (including phenoxy) is 1. The van der Waals surface area contributed by atoms with Gasteiger partial charge in [0.15, 0.2) is 0 Å². The molecule has 18 heavy (non-hydrogen) atoms. The molecule has 1 saturated heterocycles. The third kappa shape index (κ3) is 7.31. The van der Waals surface area contributed by atoms with Crippen LogP contribution in [0.5, 0.6) is 0 Å². The van der Waals surface area contributed by atoms with Crippen LogP contribution in [0.1, 0.15) is 32.6 Å². The summed E-state index contributed by atoms with van der Waals surface area (Å²) >= 11 is 0. The summed E-state index contributed by atoms with van der Waals surface area (Å²) < 4.78 is 5.54. The van der Waals surface area contributed by atoms with Gasteiger partial charge in [0.25, 0.3) is 0 Å². The van der Waals surface area contributed by atoms with Crippen LogP contribution in [-0.4, -0.2) is 68.8 Å². The number of unbranched alkanes of at least 4 members (excludes halogenated alkanes) is 2. The summed E-state index contributed by atoms with van der Waals surface area (Å²) in [6.07, 6.45) is 4.88. The van der Waals surface area contributed by atoms with Crippen LogP contribution < -0.4 is 5.73 Å². The largest absolute Gasteiger partial charge is 0.380 e. The lowest BCUT2D eigenvalue weighted by atomic mass is 10.2. The molecule has 108 valence electrons. The molecule has 1 fully saturated rings. The highest BCUT2D eigenvalue weighted by atomic mass is 16.5. The van der Waals surface area contributed by atoms with Gasteiger partial charge in [0.05, 0.1) is 6.61 Å². The third-order valence-electron chi connectivity index (χ3n) is 3.54. The minimum absolute atomic E-state index is 0.839. The zero-order chi connectivity index (χ0) is 13.1. The summed E-state index contributed by atoms with van der Waals surface area (Å²) in [4.78, 5) is 5.10. The molecule has 0 aromatic rings.